The summed E-state index contributed by atoms with van der Waals surface area (Å²) in [7, 11) is 3.12. The molecule has 1 rings (SSSR count). The van der Waals surface area contributed by atoms with Crippen LogP contribution < -0.4 is 14.8 Å². The largest absolute Gasteiger partial charge is 0.493 e. The molecule has 0 aliphatic carbocycles. The number of nitrogens with zero attached hydrogens (tertiary/aromatic N) is 1. The van der Waals surface area contributed by atoms with Crippen molar-refractivity contribution < 1.29 is 14.3 Å². The lowest BCUT2D eigenvalue weighted by Crippen LogP contribution is -2.33. The monoisotopic (exact) mass is 290 g/mol. The zero-order chi connectivity index (χ0) is 15.7. The molecule has 114 valence electrons. The molecule has 0 fully saturated rings. The molecule has 1 N–H and O–H groups in total. The van der Waals surface area contributed by atoms with Gasteiger partial charge in [0.25, 0.3) is 0 Å². The average molecular weight is 290 g/mol. The lowest BCUT2D eigenvalue weighted by molar-refractivity contribution is -0.117. The smallest absolute Gasteiger partial charge is 0.238 e. The number of anilines is 1. The van der Waals surface area contributed by atoms with Crippen LogP contribution in [0.25, 0.3) is 0 Å². The lowest BCUT2D eigenvalue weighted by Gasteiger charge is -2.18. The Morgan fingerprint density at radius 1 is 1.19 bits per heavy atom. The van der Waals surface area contributed by atoms with Gasteiger partial charge in [0.1, 0.15) is 0 Å². The summed E-state index contributed by atoms with van der Waals surface area (Å²) in [6, 6.07) is 5.24. The Morgan fingerprint density at radius 2 is 1.81 bits per heavy atom. The van der Waals surface area contributed by atoms with Crippen molar-refractivity contribution in [2.75, 3.05) is 39.2 Å². The quantitative estimate of drug-likeness (QED) is 0.709. The first kappa shape index (κ1) is 16.8. The highest BCUT2D eigenvalue weighted by Gasteiger charge is 2.10. The summed E-state index contributed by atoms with van der Waals surface area (Å²) in [6.07, 6.45) is 3.51. The number of carbonyl (C=O) groups is 1. The fourth-order valence-electron chi connectivity index (χ4n) is 1.89. The van der Waals surface area contributed by atoms with E-state index in [9.17, 15) is 4.79 Å². The molecule has 1 aromatic rings. The summed E-state index contributed by atoms with van der Waals surface area (Å²) in [5.41, 5.74) is 0.662. The fraction of sp³-hybridized carbons (Fsp3) is 0.312. The number of rotatable bonds is 9. The van der Waals surface area contributed by atoms with Crippen LogP contribution in [0.15, 0.2) is 43.5 Å². The van der Waals surface area contributed by atoms with Crippen LogP contribution in [0, 0.1) is 0 Å². The molecule has 0 spiro atoms. The maximum absolute atomic E-state index is 12.0. The summed E-state index contributed by atoms with van der Waals surface area (Å²) < 4.78 is 10.4. The van der Waals surface area contributed by atoms with Gasteiger partial charge >= 0.3 is 0 Å². The maximum atomic E-state index is 12.0. The van der Waals surface area contributed by atoms with E-state index in [1.54, 1.807) is 44.6 Å². The summed E-state index contributed by atoms with van der Waals surface area (Å²) in [6.45, 7) is 8.89. The van der Waals surface area contributed by atoms with E-state index in [0.717, 1.165) is 0 Å². The molecule has 0 atom stereocenters. The summed E-state index contributed by atoms with van der Waals surface area (Å²) in [5.74, 6) is 1.09. The van der Waals surface area contributed by atoms with E-state index in [1.807, 2.05) is 4.90 Å². The number of ether oxygens (including phenoxy) is 2. The van der Waals surface area contributed by atoms with Crippen molar-refractivity contribution in [3.05, 3.63) is 43.5 Å². The first-order valence-electron chi connectivity index (χ1n) is 6.60. The molecule has 5 heteroatoms. The van der Waals surface area contributed by atoms with Gasteiger partial charge in [0.15, 0.2) is 11.5 Å². The normalized spacial score (nSPS) is 10.0. The van der Waals surface area contributed by atoms with E-state index >= 15 is 0 Å². The third-order valence-electron chi connectivity index (χ3n) is 2.81. The molecule has 0 aromatic heterocycles. The SMILES string of the molecule is C=CCN(CC=C)CC(=O)Nc1ccc(OC)c(OC)c1. The van der Waals surface area contributed by atoms with Crippen LogP contribution in [0.1, 0.15) is 0 Å². The molecule has 0 saturated carbocycles. The van der Waals surface area contributed by atoms with Gasteiger partial charge in [-0.25, -0.2) is 0 Å². The van der Waals surface area contributed by atoms with Crippen molar-refractivity contribution in [2.24, 2.45) is 0 Å². The second kappa shape index (κ2) is 8.81. The van der Waals surface area contributed by atoms with Crippen LogP contribution in [0.4, 0.5) is 5.69 Å². The van der Waals surface area contributed by atoms with Crippen LogP contribution in [0.3, 0.4) is 0 Å². The van der Waals surface area contributed by atoms with Gasteiger partial charge in [-0.3, -0.25) is 9.69 Å². The van der Waals surface area contributed by atoms with E-state index < -0.39 is 0 Å². The topological polar surface area (TPSA) is 50.8 Å². The zero-order valence-electron chi connectivity index (χ0n) is 12.6. The molecule has 0 unspecified atom stereocenters. The van der Waals surface area contributed by atoms with Gasteiger partial charge in [-0.15, -0.1) is 13.2 Å². The Morgan fingerprint density at radius 3 is 2.33 bits per heavy atom. The summed E-state index contributed by atoms with van der Waals surface area (Å²) in [5, 5.41) is 2.83. The Bertz CT molecular complexity index is 490. The lowest BCUT2D eigenvalue weighted by atomic mass is 10.2. The standard InChI is InChI=1S/C16H22N2O3/c1-5-9-18(10-6-2)12-16(19)17-13-7-8-14(20-3)15(11-13)21-4/h5-8,11H,1-2,9-10,12H2,3-4H3,(H,17,19). The van der Waals surface area contributed by atoms with Crippen molar-refractivity contribution in [2.45, 2.75) is 0 Å². The Hall–Kier alpha value is -2.27. The number of hydrogen-bond acceptors (Lipinski definition) is 4. The summed E-state index contributed by atoms with van der Waals surface area (Å²) in [4.78, 5) is 14.0. The van der Waals surface area contributed by atoms with Gasteiger partial charge in [0.2, 0.25) is 5.91 Å². The predicted octanol–water partition coefficient (Wildman–Crippen LogP) is 2.32. The number of amides is 1. The molecular formula is C16H22N2O3. The Labute approximate surface area is 125 Å². The summed E-state index contributed by atoms with van der Waals surface area (Å²) >= 11 is 0. The molecule has 0 radical (unpaired) electrons. The number of nitrogens with one attached hydrogen (secondary N) is 1. The first-order chi connectivity index (χ1) is 10.1. The fourth-order valence-corrected chi connectivity index (χ4v) is 1.89. The van der Waals surface area contributed by atoms with Crippen LogP contribution in [0.2, 0.25) is 0 Å². The van der Waals surface area contributed by atoms with Crippen molar-refractivity contribution in [3.8, 4) is 11.5 Å². The van der Waals surface area contributed by atoms with Gasteiger partial charge in [-0.1, -0.05) is 12.2 Å². The molecule has 0 aliphatic rings. The highest BCUT2D eigenvalue weighted by atomic mass is 16.5. The van der Waals surface area contributed by atoms with Crippen molar-refractivity contribution in [1.29, 1.82) is 0 Å². The highest BCUT2D eigenvalue weighted by Crippen LogP contribution is 2.29. The van der Waals surface area contributed by atoms with Crippen molar-refractivity contribution >= 4 is 11.6 Å². The van der Waals surface area contributed by atoms with Gasteiger partial charge < -0.3 is 14.8 Å². The first-order valence-corrected chi connectivity index (χ1v) is 6.60. The van der Waals surface area contributed by atoms with E-state index in [-0.39, 0.29) is 12.5 Å². The van der Waals surface area contributed by atoms with Crippen LogP contribution >= 0.6 is 0 Å². The minimum atomic E-state index is -0.106. The minimum Gasteiger partial charge on any atom is -0.493 e. The van der Waals surface area contributed by atoms with Gasteiger partial charge in [-0.2, -0.15) is 0 Å². The Balaban J connectivity index is 2.69. The van der Waals surface area contributed by atoms with Crippen LogP contribution in [-0.4, -0.2) is 44.7 Å². The number of hydrogen-bond donors (Lipinski definition) is 1. The number of carbonyl (C=O) groups excluding carboxylic acids is 1. The second-order valence-corrected chi connectivity index (χ2v) is 4.39. The van der Waals surface area contributed by atoms with E-state index in [1.165, 1.54) is 0 Å². The molecule has 0 bridgehead atoms. The van der Waals surface area contributed by atoms with Crippen molar-refractivity contribution in [3.63, 3.8) is 0 Å². The third kappa shape index (κ3) is 5.31. The third-order valence-corrected chi connectivity index (χ3v) is 2.81. The molecule has 0 aliphatic heterocycles. The number of methoxy groups -OCH3 is 2. The molecule has 5 nitrogen and oxygen atoms in total. The molecule has 0 heterocycles. The van der Waals surface area contributed by atoms with Crippen LogP contribution in [-0.2, 0) is 4.79 Å². The van der Waals surface area contributed by atoms with E-state index in [2.05, 4.69) is 18.5 Å². The number of benzene rings is 1. The van der Waals surface area contributed by atoms with Crippen LogP contribution in [0.5, 0.6) is 11.5 Å². The molecule has 1 amide bonds. The van der Waals surface area contributed by atoms with Gasteiger partial charge in [0, 0.05) is 24.8 Å². The van der Waals surface area contributed by atoms with Gasteiger partial charge in [0.05, 0.1) is 20.8 Å². The second-order valence-electron chi connectivity index (χ2n) is 4.39. The maximum Gasteiger partial charge on any atom is 0.238 e. The predicted molar refractivity (Wildman–Crippen MR) is 85.0 cm³/mol. The van der Waals surface area contributed by atoms with E-state index in [0.29, 0.717) is 30.3 Å². The zero-order valence-corrected chi connectivity index (χ0v) is 12.6. The van der Waals surface area contributed by atoms with Gasteiger partial charge in [-0.05, 0) is 12.1 Å². The molecule has 21 heavy (non-hydrogen) atoms. The van der Waals surface area contributed by atoms with E-state index in [4.69, 9.17) is 9.47 Å². The van der Waals surface area contributed by atoms with Crippen molar-refractivity contribution in [1.82, 2.24) is 4.90 Å². The minimum absolute atomic E-state index is 0.106. The molecular weight excluding hydrogens is 268 g/mol. The highest BCUT2D eigenvalue weighted by molar-refractivity contribution is 5.92. The molecule has 1 aromatic carbocycles. The molecule has 0 saturated heterocycles. The Kier molecular flexibility index (Phi) is 7.04. The average Bonchev–Trinajstić information content (AvgIpc) is 2.47.